The molecule has 0 bridgehead atoms. The van der Waals surface area contributed by atoms with E-state index in [9.17, 15) is 4.79 Å². The first-order valence-electron chi connectivity index (χ1n) is 8.22. The fourth-order valence-corrected chi connectivity index (χ4v) is 2.56. The fourth-order valence-electron chi connectivity index (χ4n) is 2.56. The molecule has 3 rings (SSSR count). The molecular weight excluding hydrogens is 302 g/mol. The second-order valence-electron chi connectivity index (χ2n) is 5.63. The molecule has 1 aliphatic rings. The molecule has 124 valence electrons. The molecule has 0 unspecified atom stereocenters. The summed E-state index contributed by atoms with van der Waals surface area (Å²) < 4.78 is 10.7. The normalized spacial score (nSPS) is 12.5. The van der Waals surface area contributed by atoms with E-state index in [1.54, 1.807) is 6.08 Å². The van der Waals surface area contributed by atoms with Crippen LogP contribution in [-0.4, -0.2) is 19.2 Å². The summed E-state index contributed by atoms with van der Waals surface area (Å²) in [4.78, 5) is 14.5. The van der Waals surface area contributed by atoms with Crippen molar-refractivity contribution in [2.45, 2.75) is 19.8 Å². The van der Waals surface area contributed by atoms with Gasteiger partial charge in [0.05, 0.1) is 0 Å². The maximum absolute atomic E-state index is 12.6. The van der Waals surface area contributed by atoms with Crippen molar-refractivity contribution in [3.05, 3.63) is 60.2 Å². The Bertz CT molecular complexity index is 725. The van der Waals surface area contributed by atoms with Gasteiger partial charge < -0.3 is 14.4 Å². The molecule has 0 radical (unpaired) electrons. The Labute approximate surface area is 142 Å². The molecule has 4 heteroatoms. The van der Waals surface area contributed by atoms with E-state index in [4.69, 9.17) is 9.47 Å². The lowest BCUT2D eigenvalue weighted by atomic mass is 10.2. The number of fused-ring (bicyclic) bond motifs is 1. The molecule has 1 aliphatic heterocycles. The summed E-state index contributed by atoms with van der Waals surface area (Å²) in [6.07, 6.45) is 5.44. The largest absolute Gasteiger partial charge is 0.454 e. The number of ether oxygens (including phenoxy) is 2. The highest BCUT2D eigenvalue weighted by atomic mass is 16.7. The molecule has 24 heavy (non-hydrogen) atoms. The lowest BCUT2D eigenvalue weighted by Gasteiger charge is -2.21. The van der Waals surface area contributed by atoms with Crippen molar-refractivity contribution in [1.82, 2.24) is 0 Å². The fraction of sp³-hybridized carbons (Fsp3) is 0.250. The number of benzene rings is 2. The average Bonchev–Trinajstić information content (AvgIpc) is 3.09. The van der Waals surface area contributed by atoms with Crippen LogP contribution in [0.2, 0.25) is 0 Å². The van der Waals surface area contributed by atoms with Gasteiger partial charge >= 0.3 is 0 Å². The number of para-hydroxylation sites is 1. The monoisotopic (exact) mass is 323 g/mol. The lowest BCUT2D eigenvalue weighted by Crippen LogP contribution is -2.30. The van der Waals surface area contributed by atoms with E-state index >= 15 is 0 Å². The number of hydrogen-bond acceptors (Lipinski definition) is 3. The van der Waals surface area contributed by atoms with Gasteiger partial charge in [0.15, 0.2) is 11.5 Å². The number of carbonyl (C=O) groups excluding carboxylic acids is 1. The van der Waals surface area contributed by atoms with Gasteiger partial charge in [-0.15, -0.1) is 0 Å². The lowest BCUT2D eigenvalue weighted by molar-refractivity contribution is -0.114. The van der Waals surface area contributed by atoms with Gasteiger partial charge in [-0.25, -0.2) is 0 Å². The Balaban J connectivity index is 1.75. The summed E-state index contributed by atoms with van der Waals surface area (Å²) in [6, 6.07) is 15.4. The summed E-state index contributed by atoms with van der Waals surface area (Å²) in [7, 11) is 0. The Morgan fingerprint density at radius 1 is 1.12 bits per heavy atom. The van der Waals surface area contributed by atoms with Crippen LogP contribution in [-0.2, 0) is 4.79 Å². The first-order valence-corrected chi connectivity index (χ1v) is 8.22. The smallest absolute Gasteiger partial charge is 0.250 e. The maximum Gasteiger partial charge on any atom is 0.250 e. The molecule has 1 amide bonds. The Morgan fingerprint density at radius 2 is 1.92 bits per heavy atom. The predicted octanol–water partition coefficient (Wildman–Crippen LogP) is 4.26. The van der Waals surface area contributed by atoms with Gasteiger partial charge in [0.25, 0.3) is 5.91 Å². The third-order valence-corrected chi connectivity index (χ3v) is 3.88. The van der Waals surface area contributed by atoms with Gasteiger partial charge in [-0.05, 0) is 42.3 Å². The van der Waals surface area contributed by atoms with Crippen LogP contribution in [0.3, 0.4) is 0 Å². The second kappa shape index (κ2) is 7.68. The van der Waals surface area contributed by atoms with E-state index in [0.717, 1.165) is 35.6 Å². The van der Waals surface area contributed by atoms with Crippen molar-refractivity contribution in [1.29, 1.82) is 0 Å². The molecule has 0 atom stereocenters. The number of nitrogens with zero attached hydrogens (tertiary/aromatic N) is 1. The first-order chi connectivity index (χ1) is 11.8. The summed E-state index contributed by atoms with van der Waals surface area (Å²) in [5.74, 6) is 1.44. The number of anilines is 1. The molecule has 0 N–H and O–H groups in total. The SMILES string of the molecule is CCCCN(C(=O)/C=C/c1ccc2c(c1)OCO2)c1ccccc1. The third kappa shape index (κ3) is 3.77. The van der Waals surface area contributed by atoms with Crippen molar-refractivity contribution in [2.75, 3.05) is 18.2 Å². The zero-order valence-corrected chi connectivity index (χ0v) is 13.8. The van der Waals surface area contributed by atoms with E-state index in [1.807, 2.05) is 59.5 Å². The van der Waals surface area contributed by atoms with E-state index in [2.05, 4.69) is 6.92 Å². The van der Waals surface area contributed by atoms with Crippen LogP contribution in [0.15, 0.2) is 54.6 Å². The van der Waals surface area contributed by atoms with Crippen LogP contribution < -0.4 is 14.4 Å². The van der Waals surface area contributed by atoms with E-state index < -0.39 is 0 Å². The van der Waals surface area contributed by atoms with Crippen LogP contribution in [0.5, 0.6) is 11.5 Å². The molecule has 0 saturated carbocycles. The van der Waals surface area contributed by atoms with E-state index in [1.165, 1.54) is 0 Å². The van der Waals surface area contributed by atoms with Crippen LogP contribution in [0.1, 0.15) is 25.3 Å². The summed E-state index contributed by atoms with van der Waals surface area (Å²) in [5, 5.41) is 0. The highest BCUT2D eigenvalue weighted by molar-refractivity contribution is 6.03. The minimum Gasteiger partial charge on any atom is -0.454 e. The summed E-state index contributed by atoms with van der Waals surface area (Å²) in [5.41, 5.74) is 1.84. The molecule has 0 spiro atoms. The first kappa shape index (κ1) is 16.1. The summed E-state index contributed by atoms with van der Waals surface area (Å²) in [6.45, 7) is 3.08. The molecule has 0 saturated heterocycles. The maximum atomic E-state index is 12.6. The quantitative estimate of drug-likeness (QED) is 0.746. The van der Waals surface area contributed by atoms with Gasteiger partial charge in [-0.1, -0.05) is 37.6 Å². The minimum absolute atomic E-state index is 0.0210. The molecule has 4 nitrogen and oxygen atoms in total. The van der Waals surface area contributed by atoms with Crippen molar-refractivity contribution in [2.24, 2.45) is 0 Å². The Kier molecular flexibility index (Phi) is 5.16. The van der Waals surface area contributed by atoms with Crippen molar-refractivity contribution in [3.8, 4) is 11.5 Å². The molecule has 0 fully saturated rings. The van der Waals surface area contributed by atoms with Gasteiger partial charge in [-0.3, -0.25) is 4.79 Å². The summed E-state index contributed by atoms with van der Waals surface area (Å²) >= 11 is 0. The van der Waals surface area contributed by atoms with Crippen molar-refractivity contribution in [3.63, 3.8) is 0 Å². The Hall–Kier alpha value is -2.75. The van der Waals surface area contributed by atoms with Gasteiger partial charge in [0.2, 0.25) is 6.79 Å². The highest BCUT2D eigenvalue weighted by Gasteiger charge is 2.14. The topological polar surface area (TPSA) is 38.8 Å². The van der Waals surface area contributed by atoms with Crippen LogP contribution in [0.4, 0.5) is 5.69 Å². The predicted molar refractivity (Wildman–Crippen MR) is 95.3 cm³/mol. The van der Waals surface area contributed by atoms with Crippen LogP contribution >= 0.6 is 0 Å². The molecule has 2 aromatic carbocycles. The molecule has 2 aromatic rings. The number of unbranched alkanes of at least 4 members (excludes halogenated alkanes) is 1. The molecule has 0 aliphatic carbocycles. The number of rotatable bonds is 6. The standard InChI is InChI=1S/C20H21NO3/c1-2-3-13-21(17-7-5-4-6-8-17)20(22)12-10-16-9-11-18-19(14-16)24-15-23-18/h4-12,14H,2-3,13,15H2,1H3/b12-10+. The van der Waals surface area contributed by atoms with Gasteiger partial charge in [0, 0.05) is 18.3 Å². The molecule has 1 heterocycles. The average molecular weight is 323 g/mol. The minimum atomic E-state index is -0.0210. The number of amides is 1. The number of hydrogen-bond donors (Lipinski definition) is 0. The zero-order valence-electron chi connectivity index (χ0n) is 13.8. The van der Waals surface area contributed by atoms with Crippen LogP contribution in [0, 0.1) is 0 Å². The Morgan fingerprint density at radius 3 is 2.71 bits per heavy atom. The van der Waals surface area contributed by atoms with E-state index in [0.29, 0.717) is 6.54 Å². The third-order valence-electron chi connectivity index (χ3n) is 3.88. The highest BCUT2D eigenvalue weighted by Crippen LogP contribution is 2.32. The zero-order chi connectivity index (χ0) is 16.8. The van der Waals surface area contributed by atoms with Crippen LogP contribution in [0.25, 0.3) is 6.08 Å². The van der Waals surface area contributed by atoms with Gasteiger partial charge in [0.1, 0.15) is 0 Å². The van der Waals surface area contributed by atoms with E-state index in [-0.39, 0.29) is 12.7 Å². The molecule has 0 aromatic heterocycles. The van der Waals surface area contributed by atoms with Crippen molar-refractivity contribution >= 4 is 17.7 Å². The molecular formula is C20H21NO3. The second-order valence-corrected chi connectivity index (χ2v) is 5.63. The number of carbonyl (C=O) groups is 1. The van der Waals surface area contributed by atoms with Gasteiger partial charge in [-0.2, -0.15) is 0 Å². The van der Waals surface area contributed by atoms with Crippen molar-refractivity contribution < 1.29 is 14.3 Å².